The molecule has 9 nitrogen and oxygen atoms in total. The van der Waals surface area contributed by atoms with Crippen molar-refractivity contribution in [1.82, 2.24) is 14.8 Å². The third-order valence-corrected chi connectivity index (χ3v) is 6.37. The van der Waals surface area contributed by atoms with Crippen LogP contribution >= 0.6 is 11.3 Å². The van der Waals surface area contributed by atoms with Gasteiger partial charge in [0.1, 0.15) is 11.4 Å². The number of thiazole rings is 1. The molecular formula is C27H21N5O4S. The summed E-state index contributed by atoms with van der Waals surface area (Å²) in [6.45, 7) is 0. The van der Waals surface area contributed by atoms with E-state index in [9.17, 15) is 9.59 Å². The van der Waals surface area contributed by atoms with Crippen LogP contribution in [0.5, 0.6) is 5.75 Å². The first kappa shape index (κ1) is 23.9. The topological polar surface area (TPSA) is 111 Å². The Labute approximate surface area is 215 Å². The summed E-state index contributed by atoms with van der Waals surface area (Å²) in [5.74, 6) is 0.169. The normalized spacial score (nSPS) is 11.1. The number of aromatic nitrogens is 3. The van der Waals surface area contributed by atoms with Crippen molar-refractivity contribution < 1.29 is 14.3 Å². The molecule has 0 spiro atoms. The maximum atomic E-state index is 13.5. The number of hydrogen-bond acceptors (Lipinski definition) is 8. The number of carbonyl (C=O) groups excluding carboxylic acids is 1. The van der Waals surface area contributed by atoms with Crippen LogP contribution < -0.4 is 10.3 Å². The molecule has 0 fully saturated rings. The molecule has 0 radical (unpaired) electrons. The highest BCUT2D eigenvalue weighted by molar-refractivity contribution is 7.12. The molecule has 0 aliphatic rings. The first-order valence-electron chi connectivity index (χ1n) is 11.2. The van der Waals surface area contributed by atoms with E-state index in [1.807, 2.05) is 60.0 Å². The number of methoxy groups -OCH3 is 2. The van der Waals surface area contributed by atoms with Gasteiger partial charge in [0.15, 0.2) is 5.69 Å². The summed E-state index contributed by atoms with van der Waals surface area (Å²) in [6.07, 6.45) is 0. The van der Waals surface area contributed by atoms with Crippen molar-refractivity contribution in [1.29, 1.82) is 0 Å². The second kappa shape index (κ2) is 10.4. The Balaban J connectivity index is 1.60. The molecule has 1 N–H and O–H groups in total. The van der Waals surface area contributed by atoms with E-state index >= 15 is 0 Å². The molecule has 0 bridgehead atoms. The minimum atomic E-state index is -0.544. The molecule has 0 saturated carbocycles. The molecule has 10 heteroatoms. The lowest BCUT2D eigenvalue weighted by Gasteiger charge is -2.02. The van der Waals surface area contributed by atoms with Gasteiger partial charge >= 0.3 is 11.5 Å². The monoisotopic (exact) mass is 511 g/mol. The Morgan fingerprint density at radius 3 is 2.49 bits per heavy atom. The Hall–Kier alpha value is -4.83. The average molecular weight is 512 g/mol. The van der Waals surface area contributed by atoms with Gasteiger partial charge < -0.3 is 9.47 Å². The number of aromatic amines is 1. The smallest absolute Gasteiger partial charge is 0.340 e. The van der Waals surface area contributed by atoms with Crippen LogP contribution in [-0.2, 0) is 4.74 Å². The predicted molar refractivity (Wildman–Crippen MR) is 141 cm³/mol. The van der Waals surface area contributed by atoms with E-state index in [1.165, 1.54) is 23.1 Å². The maximum Gasteiger partial charge on any atom is 0.340 e. The Bertz CT molecular complexity index is 1650. The minimum absolute atomic E-state index is 0.0870. The van der Waals surface area contributed by atoms with Crippen LogP contribution in [0.4, 0.5) is 11.4 Å². The van der Waals surface area contributed by atoms with Gasteiger partial charge in [0, 0.05) is 16.5 Å². The van der Waals surface area contributed by atoms with E-state index < -0.39 is 11.5 Å². The standard InChI is InChI=1S/C27H21N5O4S/c1-35-19-12-8-11-18(15-19)22-16-37-27(28-22)32-25(33)24(23(31-32)17-9-4-3-5-10-17)30-29-21-14-7-6-13-20(21)26(34)36-2/h3-16,31H,1-2H3. The van der Waals surface area contributed by atoms with Crippen LogP contribution in [0.3, 0.4) is 0 Å². The highest BCUT2D eigenvalue weighted by Gasteiger charge is 2.20. The Kier molecular flexibility index (Phi) is 6.73. The van der Waals surface area contributed by atoms with Gasteiger partial charge in [-0.2, -0.15) is 4.68 Å². The summed E-state index contributed by atoms with van der Waals surface area (Å²) in [5.41, 5.74) is 2.99. The highest BCUT2D eigenvalue weighted by Crippen LogP contribution is 2.31. The first-order chi connectivity index (χ1) is 18.1. The molecular weight excluding hydrogens is 490 g/mol. The number of esters is 1. The average Bonchev–Trinajstić information content (AvgIpc) is 3.57. The molecule has 2 heterocycles. The van der Waals surface area contributed by atoms with Gasteiger partial charge in [0.2, 0.25) is 5.13 Å². The molecule has 0 saturated heterocycles. The van der Waals surface area contributed by atoms with E-state index in [0.717, 1.165) is 11.1 Å². The molecule has 0 amide bonds. The number of H-pyrrole nitrogens is 1. The lowest BCUT2D eigenvalue weighted by atomic mass is 10.1. The third kappa shape index (κ3) is 4.82. The van der Waals surface area contributed by atoms with E-state index in [0.29, 0.717) is 22.3 Å². The zero-order valence-corrected chi connectivity index (χ0v) is 20.7. The van der Waals surface area contributed by atoms with Crippen molar-refractivity contribution in [2.45, 2.75) is 0 Å². The Morgan fingerprint density at radius 2 is 1.70 bits per heavy atom. The van der Waals surface area contributed by atoms with Gasteiger partial charge in [-0.05, 0) is 24.3 Å². The number of nitrogens with zero attached hydrogens (tertiary/aromatic N) is 4. The second-order valence-electron chi connectivity index (χ2n) is 7.80. The summed E-state index contributed by atoms with van der Waals surface area (Å²) >= 11 is 1.31. The predicted octanol–water partition coefficient (Wildman–Crippen LogP) is 6.17. The van der Waals surface area contributed by atoms with Gasteiger partial charge in [-0.1, -0.05) is 54.6 Å². The van der Waals surface area contributed by atoms with Gasteiger partial charge in [0.25, 0.3) is 0 Å². The number of benzene rings is 3. The molecule has 5 aromatic rings. The maximum absolute atomic E-state index is 13.5. The number of ether oxygens (including phenoxy) is 2. The number of nitrogens with one attached hydrogen (secondary N) is 1. The van der Waals surface area contributed by atoms with E-state index in [1.54, 1.807) is 31.4 Å². The molecule has 2 aromatic heterocycles. The third-order valence-electron chi connectivity index (χ3n) is 5.54. The van der Waals surface area contributed by atoms with Crippen LogP contribution in [0.15, 0.2) is 99.3 Å². The molecule has 0 aliphatic heterocycles. The van der Waals surface area contributed by atoms with Gasteiger partial charge in [0.05, 0.1) is 31.2 Å². The number of carbonyl (C=O) groups is 1. The Morgan fingerprint density at radius 1 is 0.946 bits per heavy atom. The minimum Gasteiger partial charge on any atom is -0.497 e. The largest absolute Gasteiger partial charge is 0.497 e. The summed E-state index contributed by atoms with van der Waals surface area (Å²) < 4.78 is 11.5. The fraction of sp³-hybridized carbons (Fsp3) is 0.0741. The molecule has 0 aliphatic carbocycles. The zero-order chi connectivity index (χ0) is 25.8. The van der Waals surface area contributed by atoms with Crippen molar-refractivity contribution >= 4 is 28.7 Å². The van der Waals surface area contributed by atoms with Crippen molar-refractivity contribution in [3.63, 3.8) is 0 Å². The fourth-order valence-corrected chi connectivity index (χ4v) is 4.48. The van der Waals surface area contributed by atoms with Crippen molar-refractivity contribution in [2.24, 2.45) is 10.2 Å². The molecule has 0 unspecified atom stereocenters. The van der Waals surface area contributed by atoms with Gasteiger partial charge in [-0.15, -0.1) is 21.6 Å². The zero-order valence-electron chi connectivity index (χ0n) is 19.9. The summed E-state index contributed by atoms with van der Waals surface area (Å²) in [6, 6.07) is 23.5. The van der Waals surface area contributed by atoms with Gasteiger partial charge in [-0.3, -0.25) is 9.89 Å². The number of azo groups is 1. The number of hydrogen-bond donors (Lipinski definition) is 1. The van der Waals surface area contributed by atoms with Crippen molar-refractivity contribution in [3.8, 4) is 33.4 Å². The number of rotatable bonds is 7. The first-order valence-corrected chi connectivity index (χ1v) is 12.1. The van der Waals surface area contributed by atoms with Crippen LogP contribution in [0.25, 0.3) is 27.6 Å². The van der Waals surface area contributed by atoms with Crippen molar-refractivity contribution in [2.75, 3.05) is 14.2 Å². The van der Waals surface area contributed by atoms with E-state index in [-0.39, 0.29) is 16.9 Å². The second-order valence-corrected chi connectivity index (χ2v) is 8.63. The van der Waals surface area contributed by atoms with Crippen LogP contribution in [0.2, 0.25) is 0 Å². The summed E-state index contributed by atoms with van der Waals surface area (Å²) in [7, 11) is 2.90. The molecule has 37 heavy (non-hydrogen) atoms. The lowest BCUT2D eigenvalue weighted by molar-refractivity contribution is 0.0601. The lowest BCUT2D eigenvalue weighted by Crippen LogP contribution is -2.13. The van der Waals surface area contributed by atoms with E-state index in [4.69, 9.17) is 9.47 Å². The van der Waals surface area contributed by atoms with Crippen molar-refractivity contribution in [3.05, 3.63) is 100 Å². The summed E-state index contributed by atoms with van der Waals surface area (Å²) in [5, 5.41) is 14.0. The SMILES string of the molecule is COC(=O)c1ccccc1N=Nc1c(-c2ccccc2)[nH]n(-c2nc(-c3cccc(OC)c3)cs2)c1=O. The summed E-state index contributed by atoms with van der Waals surface area (Å²) in [4.78, 5) is 30.3. The molecule has 5 rings (SSSR count). The molecule has 184 valence electrons. The van der Waals surface area contributed by atoms with Crippen LogP contribution in [0.1, 0.15) is 10.4 Å². The molecule has 3 aromatic carbocycles. The fourth-order valence-electron chi connectivity index (χ4n) is 3.69. The quantitative estimate of drug-likeness (QED) is 0.208. The molecule has 0 atom stereocenters. The van der Waals surface area contributed by atoms with E-state index in [2.05, 4.69) is 20.3 Å². The van der Waals surface area contributed by atoms with Gasteiger partial charge in [-0.25, -0.2) is 9.78 Å². The van der Waals surface area contributed by atoms with Crippen LogP contribution in [-0.4, -0.2) is 35.0 Å². The van der Waals surface area contributed by atoms with Crippen LogP contribution in [0, 0.1) is 0 Å². The highest BCUT2D eigenvalue weighted by atomic mass is 32.1.